The van der Waals surface area contributed by atoms with Gasteiger partial charge in [-0.15, -0.1) is 0 Å². The second-order valence-electron chi connectivity index (χ2n) is 4.64. The number of benzene rings is 2. The summed E-state index contributed by atoms with van der Waals surface area (Å²) >= 11 is 23.7. The lowest BCUT2D eigenvalue weighted by atomic mass is 10.4. The maximum atomic E-state index is 12.7. The van der Waals surface area contributed by atoms with E-state index in [1.807, 2.05) is 0 Å². The van der Waals surface area contributed by atoms with E-state index >= 15 is 0 Å². The number of alkyl halides is 4. The number of rotatable bonds is 6. The van der Waals surface area contributed by atoms with E-state index in [0.717, 1.165) is 0 Å². The highest BCUT2D eigenvalue weighted by molar-refractivity contribution is 7.61. The molecule has 0 bridgehead atoms. The van der Waals surface area contributed by atoms with Crippen molar-refractivity contribution in [3.05, 3.63) is 60.7 Å². The third-order valence-corrected chi connectivity index (χ3v) is 7.40. The topological polar surface area (TPSA) is 55.3 Å². The Kier molecular flexibility index (Phi) is 8.64. The predicted octanol–water partition coefficient (Wildman–Crippen LogP) is 3.04. The molecule has 0 saturated heterocycles. The highest BCUT2D eigenvalue weighted by Crippen LogP contribution is 2.27. The molecule has 0 fully saturated rings. The van der Waals surface area contributed by atoms with Gasteiger partial charge in [-0.3, -0.25) is 0 Å². The molecule has 0 aliphatic heterocycles. The van der Waals surface area contributed by atoms with Crippen LogP contribution in [0.2, 0.25) is 0 Å². The molecule has 2 atom stereocenters. The van der Waals surface area contributed by atoms with Crippen molar-refractivity contribution in [2.24, 2.45) is 0 Å². The Bertz CT molecular complexity index is 700. The summed E-state index contributed by atoms with van der Waals surface area (Å²) in [7, 11) is -4.43. The van der Waals surface area contributed by atoms with E-state index in [1.165, 1.54) is 0 Å². The van der Waals surface area contributed by atoms with Gasteiger partial charge in [0, 0.05) is 0 Å². The molecule has 0 amide bonds. The summed E-state index contributed by atoms with van der Waals surface area (Å²) in [6.07, 6.45) is 0. The lowest BCUT2D eigenvalue weighted by Gasteiger charge is -2.12. The Labute approximate surface area is 168 Å². The van der Waals surface area contributed by atoms with Crippen molar-refractivity contribution in [3.63, 3.8) is 0 Å². The zero-order valence-electron chi connectivity index (χ0n) is 12.6. The quantitative estimate of drug-likeness (QED) is 0.497. The third-order valence-electron chi connectivity index (χ3n) is 2.96. The average Bonchev–Trinajstić information content (AvgIpc) is 2.62. The molecule has 0 heterocycles. The van der Waals surface area contributed by atoms with Crippen molar-refractivity contribution in [1.29, 1.82) is 0 Å². The first-order valence-electron chi connectivity index (χ1n) is 6.94. The number of hydrogen-bond acceptors (Lipinski definition) is 3. The van der Waals surface area contributed by atoms with E-state index in [9.17, 15) is 9.79 Å². The molecule has 0 aromatic heterocycles. The zero-order chi connectivity index (χ0) is 18.4. The van der Waals surface area contributed by atoms with Gasteiger partial charge >= 0.3 is 0 Å². The number of ether oxygens (including phenoxy) is 1. The van der Waals surface area contributed by atoms with Gasteiger partial charge in [-0.25, -0.2) is 4.74 Å². The monoisotopic (exact) mass is 454 g/mol. The molecule has 3 nitrogen and oxygen atoms in total. The second-order valence-corrected chi connectivity index (χ2v) is 9.92. The van der Waals surface area contributed by atoms with E-state index in [2.05, 4.69) is 0 Å². The van der Waals surface area contributed by atoms with Crippen LogP contribution in [0, 0.1) is 0 Å². The summed E-state index contributed by atoms with van der Waals surface area (Å²) < 4.78 is 5.54. The van der Waals surface area contributed by atoms with Gasteiger partial charge in [0.15, 0.2) is 9.67 Å². The molecule has 2 aromatic rings. The molecule has 25 heavy (non-hydrogen) atoms. The van der Waals surface area contributed by atoms with Crippen LogP contribution < -0.4 is 20.4 Å². The number of hydrogen-bond donors (Lipinski definition) is 0. The minimum atomic E-state index is -2.22. The summed E-state index contributed by atoms with van der Waals surface area (Å²) in [5, 5.41) is 0.933. The molecule has 0 N–H and O–H groups in total. The van der Waals surface area contributed by atoms with E-state index < -0.39 is 25.2 Å². The third kappa shape index (κ3) is 5.91. The normalized spacial score (nSPS) is 13.8. The second kappa shape index (κ2) is 10.2. The smallest absolute Gasteiger partial charge is 0.268 e. The van der Waals surface area contributed by atoms with Crippen LogP contribution >= 0.6 is 61.9 Å². The Morgan fingerprint density at radius 1 is 0.680 bits per heavy atom. The molecule has 2 unspecified atom stereocenters. The number of halogens is 4. The van der Waals surface area contributed by atoms with Crippen molar-refractivity contribution < 1.29 is 14.5 Å². The molecule has 2 rings (SSSR count). The van der Waals surface area contributed by atoms with Crippen LogP contribution in [0.5, 0.6) is 0 Å². The Morgan fingerprint density at radius 3 is 1.28 bits per heavy atom. The van der Waals surface area contributed by atoms with Gasteiger partial charge in [-0.1, -0.05) is 82.8 Å². The minimum absolute atomic E-state index is 0.162. The average molecular weight is 456 g/mol. The molecule has 0 aliphatic carbocycles. The van der Waals surface area contributed by atoms with Gasteiger partial charge in [0.25, 0.3) is 11.0 Å². The van der Waals surface area contributed by atoms with Crippen LogP contribution in [0.3, 0.4) is 0 Å². The van der Waals surface area contributed by atoms with Crippen molar-refractivity contribution >= 4 is 83.5 Å². The summed E-state index contributed by atoms with van der Waals surface area (Å²) in [5.74, 6) is 0. The van der Waals surface area contributed by atoms with Gasteiger partial charge < -0.3 is 9.79 Å². The first-order chi connectivity index (χ1) is 11.9. The van der Waals surface area contributed by atoms with Crippen molar-refractivity contribution in [1.82, 2.24) is 0 Å². The van der Waals surface area contributed by atoms with E-state index in [1.54, 1.807) is 60.7 Å². The van der Waals surface area contributed by atoms with Crippen LogP contribution in [0.25, 0.3) is 0 Å². The van der Waals surface area contributed by atoms with Gasteiger partial charge in [0.1, 0.15) is 26.2 Å². The summed E-state index contributed by atoms with van der Waals surface area (Å²) in [4.78, 5) is 23.0. The van der Waals surface area contributed by atoms with Gasteiger partial charge in [0.05, 0.1) is 0 Å². The lowest BCUT2D eigenvalue weighted by Crippen LogP contribution is -2.28. The van der Waals surface area contributed by atoms with Gasteiger partial charge in [-0.05, 0) is 24.3 Å². The van der Waals surface area contributed by atoms with Crippen LogP contribution in [0.4, 0.5) is 0 Å². The van der Waals surface area contributed by atoms with Crippen LogP contribution in [0.15, 0.2) is 60.7 Å². The molecule has 0 spiro atoms. The van der Waals surface area contributed by atoms with Crippen LogP contribution in [-0.2, 0) is 4.74 Å². The fraction of sp³-hybridized carbons (Fsp3) is 0.125. The molecule has 0 saturated carbocycles. The predicted molar refractivity (Wildman–Crippen MR) is 108 cm³/mol. The van der Waals surface area contributed by atoms with E-state index in [4.69, 9.17) is 51.1 Å². The Hall–Kier alpha value is -0.180. The van der Waals surface area contributed by atoms with Crippen molar-refractivity contribution in [2.45, 2.75) is 9.67 Å². The maximum absolute atomic E-state index is 12.7. The standard InChI is InChI=1S/C16H12Cl4O3P2/c17-13(18)15(24(21)11-7-3-1-4-8-11)23-16(14(19)20)25(22)12-9-5-2-6-10-12/h1-10,13-14H. The molecule has 9 heteroatoms. The summed E-state index contributed by atoms with van der Waals surface area (Å²) in [6, 6.07) is 17.0. The molecule has 2 aromatic carbocycles. The maximum Gasteiger partial charge on any atom is 0.268 e. The van der Waals surface area contributed by atoms with E-state index in [0.29, 0.717) is 10.6 Å². The Morgan fingerprint density at radius 2 is 1.00 bits per heavy atom. The van der Waals surface area contributed by atoms with Crippen LogP contribution in [0.1, 0.15) is 0 Å². The first-order valence-corrected chi connectivity index (χ1v) is 11.2. The first kappa shape index (κ1) is 21.1. The molecular weight excluding hydrogens is 444 g/mol. The van der Waals surface area contributed by atoms with Gasteiger partial charge in [0.2, 0.25) is 0 Å². The van der Waals surface area contributed by atoms with Crippen LogP contribution in [-0.4, -0.2) is 20.6 Å². The fourth-order valence-electron chi connectivity index (χ4n) is 1.84. The van der Waals surface area contributed by atoms with Crippen molar-refractivity contribution in [2.75, 3.05) is 0 Å². The van der Waals surface area contributed by atoms with E-state index in [-0.39, 0.29) is 11.0 Å². The molecule has 132 valence electrons. The van der Waals surface area contributed by atoms with Crippen molar-refractivity contribution in [3.8, 4) is 0 Å². The summed E-state index contributed by atoms with van der Waals surface area (Å²) in [6.45, 7) is 0. The zero-order valence-corrected chi connectivity index (χ0v) is 17.4. The minimum Gasteiger partial charge on any atom is -0.624 e. The molecule has 0 radical (unpaired) electrons. The lowest BCUT2D eigenvalue weighted by molar-refractivity contribution is -0.150. The Balaban J connectivity index is 2.49. The largest absolute Gasteiger partial charge is 0.624 e. The van der Waals surface area contributed by atoms with Gasteiger partial charge in [-0.2, -0.15) is 0 Å². The molecule has 0 aliphatic rings. The summed E-state index contributed by atoms with van der Waals surface area (Å²) in [5.41, 5.74) is -0.324. The fourth-order valence-corrected chi connectivity index (χ4v) is 5.26. The highest BCUT2D eigenvalue weighted by atomic mass is 35.5. The molecular formula is C16H12Cl4O3P2. The SMILES string of the molecule is [O-][P+](=C(OC(C(Cl)Cl)=[P+]([O-])c1ccccc1)C(Cl)Cl)c1ccccc1. The highest BCUT2D eigenvalue weighted by Gasteiger charge is 2.30.